The molecule has 0 bridgehead atoms. The maximum Gasteiger partial charge on any atom is 0.110 e. The number of pyridine rings is 1. The third kappa shape index (κ3) is 2.99. The van der Waals surface area contributed by atoms with Gasteiger partial charge in [0.05, 0.1) is 17.1 Å². The summed E-state index contributed by atoms with van der Waals surface area (Å²) in [5, 5.41) is 16.1. The van der Waals surface area contributed by atoms with Crippen molar-refractivity contribution in [3.8, 4) is 22.5 Å². The van der Waals surface area contributed by atoms with Crippen molar-refractivity contribution in [2.75, 3.05) is 13.1 Å². The van der Waals surface area contributed by atoms with Gasteiger partial charge in [-0.1, -0.05) is 17.3 Å². The van der Waals surface area contributed by atoms with Gasteiger partial charge >= 0.3 is 0 Å². The molecule has 2 aromatic heterocycles. The predicted molar refractivity (Wildman–Crippen MR) is 109 cm³/mol. The van der Waals surface area contributed by atoms with Crippen molar-refractivity contribution in [2.45, 2.75) is 31.6 Å². The van der Waals surface area contributed by atoms with Crippen molar-refractivity contribution in [3.63, 3.8) is 0 Å². The summed E-state index contributed by atoms with van der Waals surface area (Å²) in [5.74, 6) is 1.53. The Balaban J connectivity index is 1.61. The molecule has 0 spiro atoms. The summed E-state index contributed by atoms with van der Waals surface area (Å²) in [5.41, 5.74) is 7.26. The molecule has 1 aliphatic carbocycles. The lowest BCUT2D eigenvalue weighted by Gasteiger charge is -2.20. The first-order valence-electron chi connectivity index (χ1n) is 9.89. The highest BCUT2D eigenvalue weighted by atomic mass is 16.4. The van der Waals surface area contributed by atoms with E-state index in [0.717, 1.165) is 78.4 Å². The van der Waals surface area contributed by atoms with Crippen molar-refractivity contribution in [1.82, 2.24) is 20.3 Å². The van der Waals surface area contributed by atoms with Crippen LogP contribution in [-0.4, -0.2) is 39.0 Å². The molecule has 6 nitrogen and oxygen atoms in total. The molecule has 6 heteroatoms. The normalized spacial score (nSPS) is 18.5. The lowest BCUT2D eigenvalue weighted by molar-refractivity contribution is 0.318. The number of oxime groups is 1. The smallest absolute Gasteiger partial charge is 0.110 e. The van der Waals surface area contributed by atoms with Crippen LogP contribution in [0.1, 0.15) is 42.1 Å². The molecule has 1 aliphatic heterocycles. The number of hydrogen-bond donors (Lipinski definition) is 3. The summed E-state index contributed by atoms with van der Waals surface area (Å²) in [4.78, 5) is 12.8. The minimum atomic E-state index is 0.457. The zero-order valence-electron chi connectivity index (χ0n) is 15.7. The number of aryl methyl sites for hydroxylation is 1. The van der Waals surface area contributed by atoms with Gasteiger partial charge in [0.15, 0.2) is 0 Å². The van der Waals surface area contributed by atoms with Gasteiger partial charge < -0.3 is 15.5 Å². The number of aromatic amines is 1. The van der Waals surface area contributed by atoms with Crippen LogP contribution >= 0.6 is 0 Å². The summed E-state index contributed by atoms with van der Waals surface area (Å²) in [6.45, 7) is 2.07. The number of imidazole rings is 1. The third-order valence-electron chi connectivity index (χ3n) is 5.86. The number of nitrogens with one attached hydrogen (secondary N) is 2. The van der Waals surface area contributed by atoms with Crippen LogP contribution in [0.15, 0.2) is 47.9 Å². The van der Waals surface area contributed by atoms with Crippen LogP contribution in [0.3, 0.4) is 0 Å². The van der Waals surface area contributed by atoms with E-state index in [1.165, 1.54) is 5.56 Å². The van der Waals surface area contributed by atoms with Crippen LogP contribution in [0.4, 0.5) is 0 Å². The van der Waals surface area contributed by atoms with Gasteiger partial charge in [-0.25, -0.2) is 4.98 Å². The molecule has 1 saturated heterocycles. The number of piperidine rings is 1. The van der Waals surface area contributed by atoms with E-state index in [-0.39, 0.29) is 0 Å². The molecule has 3 N–H and O–H groups in total. The van der Waals surface area contributed by atoms with Crippen molar-refractivity contribution >= 4 is 5.71 Å². The van der Waals surface area contributed by atoms with Crippen LogP contribution in [0.2, 0.25) is 0 Å². The number of aromatic nitrogens is 3. The van der Waals surface area contributed by atoms with Crippen molar-refractivity contribution < 1.29 is 5.21 Å². The lowest BCUT2D eigenvalue weighted by Crippen LogP contribution is -2.27. The van der Waals surface area contributed by atoms with Gasteiger partial charge in [-0.3, -0.25) is 4.98 Å². The molecule has 0 unspecified atom stereocenters. The van der Waals surface area contributed by atoms with Crippen LogP contribution in [0, 0.1) is 0 Å². The van der Waals surface area contributed by atoms with Gasteiger partial charge in [-0.15, -0.1) is 0 Å². The van der Waals surface area contributed by atoms with Crippen LogP contribution in [-0.2, 0) is 6.42 Å². The van der Waals surface area contributed by atoms with Crippen LogP contribution in [0.25, 0.3) is 22.5 Å². The maximum atomic E-state index is 9.20. The van der Waals surface area contributed by atoms with Gasteiger partial charge in [-0.2, -0.15) is 0 Å². The monoisotopic (exact) mass is 373 g/mol. The summed E-state index contributed by atoms with van der Waals surface area (Å²) < 4.78 is 0. The van der Waals surface area contributed by atoms with Gasteiger partial charge in [0, 0.05) is 35.0 Å². The molecule has 5 rings (SSSR count). The first kappa shape index (κ1) is 17.1. The summed E-state index contributed by atoms with van der Waals surface area (Å²) >= 11 is 0. The summed E-state index contributed by atoms with van der Waals surface area (Å²) in [7, 11) is 0. The molecule has 0 amide bonds. The molecule has 3 aromatic rings. The number of H-pyrrole nitrogens is 1. The zero-order valence-corrected chi connectivity index (χ0v) is 15.7. The zero-order chi connectivity index (χ0) is 18.9. The molecule has 0 radical (unpaired) electrons. The van der Waals surface area contributed by atoms with E-state index < -0.39 is 0 Å². The second-order valence-electron chi connectivity index (χ2n) is 7.52. The third-order valence-corrected chi connectivity index (χ3v) is 5.86. The second kappa shape index (κ2) is 7.20. The quantitative estimate of drug-likeness (QED) is 0.482. The van der Waals surface area contributed by atoms with Gasteiger partial charge in [0.25, 0.3) is 0 Å². The number of nitrogens with zero attached hydrogens (tertiary/aromatic N) is 3. The number of benzene rings is 1. The Morgan fingerprint density at radius 2 is 1.82 bits per heavy atom. The molecule has 3 heterocycles. The Kier molecular flexibility index (Phi) is 4.41. The van der Waals surface area contributed by atoms with E-state index in [4.69, 9.17) is 4.98 Å². The van der Waals surface area contributed by atoms with Crippen LogP contribution < -0.4 is 5.32 Å². The highest BCUT2D eigenvalue weighted by Gasteiger charge is 2.24. The van der Waals surface area contributed by atoms with E-state index in [9.17, 15) is 5.21 Å². The standard InChI is InChI=1S/C22H23N5O/c28-27-19-4-2-16-13-17(1-3-18(16)19)21-20(14-5-9-23-10-6-14)25-22(26-21)15-7-11-24-12-8-15/h1,3,5-6,9-10,13,15,24,28H,2,4,7-8,11-12H2,(H,25,26). The van der Waals surface area contributed by atoms with Gasteiger partial charge in [-0.05, 0) is 62.5 Å². The lowest BCUT2D eigenvalue weighted by atomic mass is 9.97. The van der Waals surface area contributed by atoms with E-state index in [1.54, 1.807) is 0 Å². The molecule has 2 aliphatic rings. The minimum Gasteiger partial charge on any atom is -0.411 e. The Morgan fingerprint density at radius 1 is 1.00 bits per heavy atom. The number of hydrogen-bond acceptors (Lipinski definition) is 5. The first-order chi connectivity index (χ1) is 13.8. The fraction of sp³-hybridized carbons (Fsp3) is 0.318. The molecule has 0 saturated carbocycles. The fourth-order valence-corrected chi connectivity index (χ4v) is 4.34. The minimum absolute atomic E-state index is 0.457. The van der Waals surface area contributed by atoms with E-state index in [0.29, 0.717) is 5.92 Å². The average molecular weight is 373 g/mol. The van der Waals surface area contributed by atoms with E-state index >= 15 is 0 Å². The van der Waals surface area contributed by atoms with Gasteiger partial charge in [0.1, 0.15) is 5.82 Å². The Hall–Kier alpha value is -2.99. The molecule has 1 fully saturated rings. The average Bonchev–Trinajstić information content (AvgIpc) is 3.39. The predicted octanol–water partition coefficient (Wildman–Crippen LogP) is 3.73. The Labute approximate surface area is 163 Å². The first-order valence-corrected chi connectivity index (χ1v) is 9.89. The van der Waals surface area contributed by atoms with Crippen LogP contribution in [0.5, 0.6) is 0 Å². The highest BCUT2D eigenvalue weighted by molar-refractivity contribution is 6.04. The Morgan fingerprint density at radius 3 is 2.61 bits per heavy atom. The molecule has 0 atom stereocenters. The molecule has 1 aromatic carbocycles. The summed E-state index contributed by atoms with van der Waals surface area (Å²) in [6, 6.07) is 10.4. The number of rotatable bonds is 3. The molecule has 28 heavy (non-hydrogen) atoms. The summed E-state index contributed by atoms with van der Waals surface area (Å²) in [6.07, 6.45) is 7.52. The van der Waals surface area contributed by atoms with Gasteiger partial charge in [0.2, 0.25) is 0 Å². The van der Waals surface area contributed by atoms with Crippen molar-refractivity contribution in [2.24, 2.45) is 5.16 Å². The molecular formula is C22H23N5O. The largest absolute Gasteiger partial charge is 0.411 e. The van der Waals surface area contributed by atoms with E-state index in [1.807, 2.05) is 24.5 Å². The van der Waals surface area contributed by atoms with Crippen molar-refractivity contribution in [1.29, 1.82) is 0 Å². The maximum absolute atomic E-state index is 9.20. The highest BCUT2D eigenvalue weighted by Crippen LogP contribution is 2.35. The molecule has 142 valence electrons. The molecular weight excluding hydrogens is 350 g/mol. The Bertz CT molecular complexity index is 1020. The van der Waals surface area contributed by atoms with Crippen molar-refractivity contribution in [3.05, 3.63) is 59.7 Å². The number of fused-ring (bicyclic) bond motifs is 1. The topological polar surface area (TPSA) is 86.2 Å². The second-order valence-corrected chi connectivity index (χ2v) is 7.52. The van der Waals surface area contributed by atoms with E-state index in [2.05, 4.69) is 38.6 Å². The SMILES string of the molecule is ON=C1CCc2cc(-c3nc(C4CCNCC4)[nH]c3-c3ccncc3)ccc21. The fourth-order valence-electron chi connectivity index (χ4n) is 4.34.